The van der Waals surface area contributed by atoms with Crippen molar-refractivity contribution in [3.63, 3.8) is 0 Å². The maximum absolute atomic E-state index is 11.9. The van der Waals surface area contributed by atoms with E-state index in [4.69, 9.17) is 21.1 Å². The Labute approximate surface area is 172 Å². The summed E-state index contributed by atoms with van der Waals surface area (Å²) in [6, 6.07) is 14.9. The first-order chi connectivity index (χ1) is 13.5. The number of nitrogens with zero attached hydrogens (tertiary/aromatic N) is 3. The normalized spacial score (nSPS) is 10.9. The quantitative estimate of drug-likeness (QED) is 0.412. The van der Waals surface area contributed by atoms with Crippen LogP contribution in [0.25, 0.3) is 17.1 Å². The van der Waals surface area contributed by atoms with Crippen LogP contribution in [0.1, 0.15) is 13.8 Å². The minimum atomic E-state index is -0.295. The van der Waals surface area contributed by atoms with E-state index in [0.29, 0.717) is 16.0 Å². The monoisotopic (exact) mass is 417 g/mol. The van der Waals surface area contributed by atoms with E-state index in [2.05, 4.69) is 10.2 Å². The summed E-state index contributed by atoms with van der Waals surface area (Å²) in [4.78, 5) is 11.9. The lowest BCUT2D eigenvalue weighted by Crippen LogP contribution is -2.13. The maximum Gasteiger partial charge on any atom is 0.316 e. The van der Waals surface area contributed by atoms with E-state index in [-0.39, 0.29) is 17.8 Å². The Kier molecular flexibility index (Phi) is 6.59. The number of rotatable bonds is 7. The van der Waals surface area contributed by atoms with Gasteiger partial charge in [0.1, 0.15) is 5.75 Å². The second kappa shape index (κ2) is 9.12. The molecule has 6 nitrogen and oxygen atoms in total. The van der Waals surface area contributed by atoms with Gasteiger partial charge in [0, 0.05) is 16.3 Å². The van der Waals surface area contributed by atoms with Gasteiger partial charge in [-0.2, -0.15) is 0 Å². The summed E-state index contributed by atoms with van der Waals surface area (Å²) in [5.41, 5.74) is 1.72. The summed E-state index contributed by atoms with van der Waals surface area (Å²) in [6.45, 7) is 3.64. The molecular formula is C20H20ClN3O3S. The van der Waals surface area contributed by atoms with Crippen molar-refractivity contribution < 1.29 is 14.3 Å². The fraction of sp³-hybridized carbons (Fsp3) is 0.250. The van der Waals surface area contributed by atoms with Crippen molar-refractivity contribution in [3.05, 3.63) is 53.6 Å². The van der Waals surface area contributed by atoms with E-state index in [0.717, 1.165) is 17.0 Å². The summed E-state index contributed by atoms with van der Waals surface area (Å²) in [6.07, 6.45) is -0.155. The Morgan fingerprint density at radius 2 is 1.79 bits per heavy atom. The molecule has 0 N–H and O–H groups in total. The molecule has 0 unspecified atom stereocenters. The van der Waals surface area contributed by atoms with Crippen molar-refractivity contribution in [2.75, 3.05) is 12.9 Å². The first-order valence-electron chi connectivity index (χ1n) is 8.66. The highest BCUT2D eigenvalue weighted by atomic mass is 35.5. The van der Waals surface area contributed by atoms with Gasteiger partial charge in [-0.25, -0.2) is 0 Å². The predicted molar refractivity (Wildman–Crippen MR) is 110 cm³/mol. The van der Waals surface area contributed by atoms with Gasteiger partial charge >= 0.3 is 5.97 Å². The van der Waals surface area contributed by atoms with Gasteiger partial charge in [-0.3, -0.25) is 9.36 Å². The van der Waals surface area contributed by atoms with Crippen LogP contribution in [0.5, 0.6) is 5.75 Å². The van der Waals surface area contributed by atoms with E-state index >= 15 is 0 Å². The van der Waals surface area contributed by atoms with Crippen molar-refractivity contribution >= 4 is 29.3 Å². The molecule has 0 atom stereocenters. The molecule has 0 saturated heterocycles. The van der Waals surface area contributed by atoms with Crippen LogP contribution in [0.4, 0.5) is 0 Å². The van der Waals surface area contributed by atoms with E-state index in [1.54, 1.807) is 19.2 Å². The second-order valence-electron chi connectivity index (χ2n) is 6.17. The minimum Gasteiger partial charge on any atom is -0.497 e. The van der Waals surface area contributed by atoms with Gasteiger partial charge in [-0.05, 0) is 62.4 Å². The molecule has 0 saturated carbocycles. The number of thioether (sulfide) groups is 1. The average Bonchev–Trinajstić information content (AvgIpc) is 3.10. The van der Waals surface area contributed by atoms with Crippen LogP contribution in [-0.4, -0.2) is 39.7 Å². The van der Waals surface area contributed by atoms with E-state index in [1.165, 1.54) is 11.8 Å². The van der Waals surface area contributed by atoms with Crippen molar-refractivity contribution in [1.82, 2.24) is 14.8 Å². The molecule has 0 radical (unpaired) electrons. The smallest absolute Gasteiger partial charge is 0.316 e. The summed E-state index contributed by atoms with van der Waals surface area (Å²) >= 11 is 7.31. The summed E-state index contributed by atoms with van der Waals surface area (Å²) in [5.74, 6) is 1.26. The van der Waals surface area contributed by atoms with Crippen LogP contribution in [-0.2, 0) is 9.53 Å². The maximum atomic E-state index is 11.9. The molecule has 1 aromatic heterocycles. The lowest BCUT2D eigenvalue weighted by atomic mass is 10.2. The number of ether oxygens (including phenoxy) is 2. The molecule has 0 aliphatic carbocycles. The highest BCUT2D eigenvalue weighted by Crippen LogP contribution is 2.29. The molecule has 0 amide bonds. The van der Waals surface area contributed by atoms with Crippen LogP contribution in [0.15, 0.2) is 53.7 Å². The number of benzene rings is 2. The van der Waals surface area contributed by atoms with Gasteiger partial charge in [0.05, 0.1) is 19.0 Å². The SMILES string of the molecule is COc1ccc(-c2nnc(SCC(=O)OC(C)C)n2-c2ccc(Cl)cc2)cc1. The van der Waals surface area contributed by atoms with Gasteiger partial charge in [-0.15, -0.1) is 10.2 Å². The zero-order chi connectivity index (χ0) is 20.1. The lowest BCUT2D eigenvalue weighted by molar-refractivity contribution is -0.144. The van der Waals surface area contributed by atoms with Gasteiger partial charge in [0.25, 0.3) is 0 Å². The van der Waals surface area contributed by atoms with Crippen LogP contribution in [0.3, 0.4) is 0 Å². The van der Waals surface area contributed by atoms with E-state index in [9.17, 15) is 4.79 Å². The standard InChI is InChI=1S/C20H20ClN3O3S/c1-13(2)27-18(25)12-28-20-23-22-19(14-4-10-17(26-3)11-5-14)24(20)16-8-6-15(21)7-9-16/h4-11,13H,12H2,1-3H3. The molecular weight excluding hydrogens is 398 g/mol. The number of halogens is 1. The molecule has 28 heavy (non-hydrogen) atoms. The molecule has 0 fully saturated rings. The predicted octanol–water partition coefficient (Wildman–Crippen LogP) is 4.64. The first kappa shape index (κ1) is 20.2. The van der Waals surface area contributed by atoms with Gasteiger partial charge in [0.2, 0.25) is 0 Å². The molecule has 0 aliphatic rings. The number of methoxy groups -OCH3 is 1. The van der Waals surface area contributed by atoms with Crippen LogP contribution >= 0.6 is 23.4 Å². The highest BCUT2D eigenvalue weighted by Gasteiger charge is 2.18. The van der Waals surface area contributed by atoms with Crippen molar-refractivity contribution in [2.45, 2.75) is 25.1 Å². The van der Waals surface area contributed by atoms with E-state index < -0.39 is 0 Å². The van der Waals surface area contributed by atoms with Crippen molar-refractivity contribution in [1.29, 1.82) is 0 Å². The molecule has 1 heterocycles. The van der Waals surface area contributed by atoms with Gasteiger partial charge in [0.15, 0.2) is 11.0 Å². The largest absolute Gasteiger partial charge is 0.497 e. The molecule has 3 rings (SSSR count). The summed E-state index contributed by atoms with van der Waals surface area (Å²) in [5, 5.41) is 9.86. The minimum absolute atomic E-state index is 0.145. The zero-order valence-electron chi connectivity index (χ0n) is 15.8. The Morgan fingerprint density at radius 1 is 1.11 bits per heavy atom. The highest BCUT2D eigenvalue weighted by molar-refractivity contribution is 7.99. The third-order valence-corrected chi connectivity index (χ3v) is 4.91. The molecule has 2 aromatic carbocycles. The Morgan fingerprint density at radius 3 is 2.39 bits per heavy atom. The number of carbonyl (C=O) groups is 1. The molecule has 0 bridgehead atoms. The molecule has 0 aliphatic heterocycles. The number of hydrogen-bond acceptors (Lipinski definition) is 6. The van der Waals surface area contributed by atoms with E-state index in [1.807, 2.05) is 54.8 Å². The first-order valence-corrected chi connectivity index (χ1v) is 10.0. The Hall–Kier alpha value is -2.51. The van der Waals surface area contributed by atoms with Crippen molar-refractivity contribution in [3.8, 4) is 22.8 Å². The van der Waals surface area contributed by atoms with Crippen LogP contribution in [0, 0.1) is 0 Å². The Balaban J connectivity index is 1.96. The topological polar surface area (TPSA) is 66.2 Å². The third-order valence-electron chi connectivity index (χ3n) is 3.75. The van der Waals surface area contributed by atoms with Crippen molar-refractivity contribution in [2.24, 2.45) is 0 Å². The second-order valence-corrected chi connectivity index (χ2v) is 7.55. The number of hydrogen-bond donors (Lipinski definition) is 0. The molecule has 0 spiro atoms. The summed E-state index contributed by atoms with van der Waals surface area (Å²) in [7, 11) is 1.62. The van der Waals surface area contributed by atoms with Gasteiger partial charge in [-0.1, -0.05) is 23.4 Å². The van der Waals surface area contributed by atoms with Gasteiger partial charge < -0.3 is 9.47 Å². The fourth-order valence-electron chi connectivity index (χ4n) is 2.53. The third kappa shape index (κ3) is 4.85. The molecule has 8 heteroatoms. The lowest BCUT2D eigenvalue weighted by Gasteiger charge is -2.11. The summed E-state index contributed by atoms with van der Waals surface area (Å²) < 4.78 is 12.3. The zero-order valence-corrected chi connectivity index (χ0v) is 17.3. The Bertz CT molecular complexity index is 940. The number of aromatic nitrogens is 3. The average molecular weight is 418 g/mol. The number of carbonyl (C=O) groups excluding carboxylic acids is 1. The van der Waals surface area contributed by atoms with Crippen LogP contribution in [0.2, 0.25) is 5.02 Å². The molecule has 3 aromatic rings. The fourth-order valence-corrected chi connectivity index (χ4v) is 3.39. The molecule has 146 valence electrons. The number of esters is 1. The van der Waals surface area contributed by atoms with Crippen LogP contribution < -0.4 is 4.74 Å².